The lowest BCUT2D eigenvalue weighted by Gasteiger charge is -2.28. The summed E-state index contributed by atoms with van der Waals surface area (Å²) in [5.41, 5.74) is 16.5. The summed E-state index contributed by atoms with van der Waals surface area (Å²) in [6, 6.07) is 65.5. The lowest BCUT2D eigenvalue weighted by molar-refractivity contribution is 0.660. The molecule has 0 atom stereocenters. The Balaban J connectivity index is 1.23. The monoisotopic (exact) mass is 691 g/mol. The zero-order valence-electron chi connectivity index (χ0n) is 31.2. The first-order valence-electron chi connectivity index (χ1n) is 19.0. The second-order valence-electron chi connectivity index (χ2n) is 15.5. The van der Waals surface area contributed by atoms with Crippen molar-refractivity contribution >= 4 is 49.4 Å². The van der Waals surface area contributed by atoms with Gasteiger partial charge in [0.25, 0.3) is 0 Å². The van der Waals surface area contributed by atoms with Crippen LogP contribution in [0.2, 0.25) is 0 Å². The second-order valence-corrected chi connectivity index (χ2v) is 15.5. The number of aryl methyl sites for hydroxylation is 2. The van der Waals surface area contributed by atoms with E-state index in [1.165, 1.54) is 88.0 Å². The molecule has 0 bridgehead atoms. The van der Waals surface area contributed by atoms with Crippen LogP contribution in [0.1, 0.15) is 36.1 Å². The smallest absolute Gasteiger partial charge is 0.0540 e. The van der Waals surface area contributed by atoms with Crippen molar-refractivity contribution < 1.29 is 0 Å². The lowest BCUT2D eigenvalue weighted by atomic mass is 9.81. The van der Waals surface area contributed by atoms with Gasteiger partial charge in [0, 0.05) is 22.2 Å². The van der Waals surface area contributed by atoms with Gasteiger partial charge in [-0.3, -0.25) is 0 Å². The van der Waals surface area contributed by atoms with Crippen LogP contribution in [0.4, 0.5) is 17.1 Å². The van der Waals surface area contributed by atoms with E-state index in [-0.39, 0.29) is 5.41 Å². The summed E-state index contributed by atoms with van der Waals surface area (Å²) in [5, 5.41) is 7.52. The summed E-state index contributed by atoms with van der Waals surface area (Å²) in [4.78, 5) is 2.42. The topological polar surface area (TPSA) is 3.24 Å². The van der Waals surface area contributed by atoms with Gasteiger partial charge in [0.2, 0.25) is 0 Å². The zero-order chi connectivity index (χ0) is 36.6. The molecule has 0 aromatic heterocycles. The molecule has 0 saturated carbocycles. The number of benzene rings is 9. The third-order valence-electron chi connectivity index (χ3n) is 11.7. The van der Waals surface area contributed by atoms with E-state index >= 15 is 0 Å². The molecule has 1 heteroatoms. The molecule has 0 radical (unpaired) electrons. The van der Waals surface area contributed by atoms with Crippen LogP contribution in [0.25, 0.3) is 65.7 Å². The highest BCUT2D eigenvalue weighted by Crippen LogP contribution is 2.52. The first-order valence-corrected chi connectivity index (χ1v) is 19.0. The van der Waals surface area contributed by atoms with Gasteiger partial charge in [-0.15, -0.1) is 0 Å². The summed E-state index contributed by atoms with van der Waals surface area (Å²) in [7, 11) is 0. The Hall–Kier alpha value is -6.44. The maximum atomic E-state index is 2.45. The Bertz CT molecular complexity index is 2840. The van der Waals surface area contributed by atoms with Crippen LogP contribution in [0, 0.1) is 13.8 Å². The van der Waals surface area contributed by atoms with Crippen LogP contribution in [-0.2, 0) is 5.41 Å². The first kappa shape index (κ1) is 32.2. The van der Waals surface area contributed by atoms with Crippen molar-refractivity contribution in [2.24, 2.45) is 0 Å². The molecule has 0 aliphatic heterocycles. The van der Waals surface area contributed by atoms with Gasteiger partial charge in [0.1, 0.15) is 0 Å². The first-order chi connectivity index (χ1) is 26.4. The Morgan fingerprint density at radius 1 is 0.370 bits per heavy atom. The highest BCUT2D eigenvalue weighted by atomic mass is 15.1. The molecule has 9 aromatic carbocycles. The van der Waals surface area contributed by atoms with E-state index in [0.717, 1.165) is 17.1 Å². The zero-order valence-corrected chi connectivity index (χ0v) is 31.2. The number of hydrogen-bond donors (Lipinski definition) is 0. The summed E-state index contributed by atoms with van der Waals surface area (Å²) >= 11 is 0. The van der Waals surface area contributed by atoms with Crippen molar-refractivity contribution in [3.63, 3.8) is 0 Å². The van der Waals surface area contributed by atoms with Crippen LogP contribution >= 0.6 is 0 Å². The third kappa shape index (κ3) is 4.92. The van der Waals surface area contributed by atoms with E-state index in [1.807, 2.05) is 0 Å². The molecular formula is C53H41N. The number of fused-ring (bicyclic) bond motifs is 6. The van der Waals surface area contributed by atoms with E-state index in [9.17, 15) is 0 Å². The Kier molecular flexibility index (Phi) is 7.35. The summed E-state index contributed by atoms with van der Waals surface area (Å²) in [6.07, 6.45) is 0. The van der Waals surface area contributed by atoms with Crippen molar-refractivity contribution in [1.29, 1.82) is 0 Å². The van der Waals surface area contributed by atoms with Crippen molar-refractivity contribution in [2.45, 2.75) is 33.1 Å². The predicted molar refractivity (Wildman–Crippen MR) is 232 cm³/mol. The molecule has 0 unspecified atom stereocenters. The van der Waals surface area contributed by atoms with Gasteiger partial charge >= 0.3 is 0 Å². The molecule has 54 heavy (non-hydrogen) atoms. The normalized spacial score (nSPS) is 13.0. The number of rotatable bonds is 5. The van der Waals surface area contributed by atoms with Gasteiger partial charge in [-0.05, 0) is 133 Å². The van der Waals surface area contributed by atoms with Gasteiger partial charge in [0.05, 0.1) is 5.69 Å². The maximum Gasteiger partial charge on any atom is 0.0540 e. The third-order valence-corrected chi connectivity index (χ3v) is 11.7. The summed E-state index contributed by atoms with van der Waals surface area (Å²) in [6.45, 7) is 9.05. The van der Waals surface area contributed by atoms with Crippen LogP contribution in [0.5, 0.6) is 0 Å². The highest BCUT2D eigenvalue weighted by molar-refractivity contribution is 6.24. The second kappa shape index (κ2) is 12.3. The molecule has 1 aliphatic carbocycles. The van der Waals surface area contributed by atoms with Gasteiger partial charge < -0.3 is 4.90 Å². The highest BCUT2D eigenvalue weighted by Gasteiger charge is 2.35. The van der Waals surface area contributed by atoms with Gasteiger partial charge in [0.15, 0.2) is 0 Å². The number of anilines is 3. The fourth-order valence-electron chi connectivity index (χ4n) is 9.26. The molecule has 0 N–H and O–H groups in total. The fourth-order valence-corrected chi connectivity index (χ4v) is 9.26. The molecule has 1 nitrogen and oxygen atoms in total. The van der Waals surface area contributed by atoms with Crippen molar-refractivity contribution in [3.05, 3.63) is 198 Å². The SMILES string of the molecule is Cc1cccc(N(c2cccc(C)c2)c2ccc(-c3c4ccccc4c(-c4ccc5c(c4)-c4ccccc4C5(C)C)c4ccccc34)c3ccccc23)c1. The van der Waals surface area contributed by atoms with Gasteiger partial charge in [-0.25, -0.2) is 0 Å². The number of nitrogens with zero attached hydrogens (tertiary/aromatic N) is 1. The van der Waals surface area contributed by atoms with Crippen molar-refractivity contribution in [3.8, 4) is 33.4 Å². The Labute approximate surface area is 317 Å². The molecule has 1 aliphatic rings. The van der Waals surface area contributed by atoms with E-state index in [1.54, 1.807) is 0 Å². The summed E-state index contributed by atoms with van der Waals surface area (Å²) < 4.78 is 0. The molecule has 258 valence electrons. The number of hydrogen-bond acceptors (Lipinski definition) is 1. The predicted octanol–water partition coefficient (Wildman–Crippen LogP) is 14.9. The van der Waals surface area contributed by atoms with E-state index in [0.29, 0.717) is 0 Å². The van der Waals surface area contributed by atoms with E-state index in [4.69, 9.17) is 0 Å². The minimum absolute atomic E-state index is 0.0278. The van der Waals surface area contributed by atoms with E-state index in [2.05, 4.69) is 209 Å². The summed E-state index contributed by atoms with van der Waals surface area (Å²) in [5.74, 6) is 0. The van der Waals surface area contributed by atoms with Crippen molar-refractivity contribution in [2.75, 3.05) is 4.90 Å². The quantitative estimate of drug-likeness (QED) is 0.162. The van der Waals surface area contributed by atoms with Crippen molar-refractivity contribution in [1.82, 2.24) is 0 Å². The minimum Gasteiger partial charge on any atom is -0.310 e. The van der Waals surface area contributed by atoms with Crippen LogP contribution in [0.3, 0.4) is 0 Å². The average Bonchev–Trinajstić information content (AvgIpc) is 3.42. The standard InChI is InChI=1S/C53H41N/c1-34-15-13-17-37(31-34)54(38-18-14-16-35(2)32-38)50-30-28-46(39-19-5-6-21-41(39)50)52-44-24-9-7-22-42(44)51(43-23-8-10-25-45(43)52)36-27-29-49-47(33-36)40-20-11-12-26-48(40)53(49,3)4/h5-33H,1-4H3. The van der Waals surface area contributed by atoms with Crippen LogP contribution in [0.15, 0.2) is 176 Å². The molecule has 10 rings (SSSR count). The Morgan fingerprint density at radius 2 is 0.889 bits per heavy atom. The molecule has 9 aromatic rings. The fraction of sp³-hybridized carbons (Fsp3) is 0.0943. The molecule has 0 saturated heterocycles. The largest absolute Gasteiger partial charge is 0.310 e. The van der Waals surface area contributed by atoms with Crippen LogP contribution < -0.4 is 4.90 Å². The van der Waals surface area contributed by atoms with Gasteiger partial charge in [-0.1, -0.05) is 153 Å². The molecule has 0 heterocycles. The Morgan fingerprint density at radius 3 is 1.50 bits per heavy atom. The van der Waals surface area contributed by atoms with Gasteiger partial charge in [-0.2, -0.15) is 0 Å². The maximum absolute atomic E-state index is 2.45. The molecule has 0 fully saturated rings. The average molecular weight is 692 g/mol. The van der Waals surface area contributed by atoms with Crippen LogP contribution in [-0.4, -0.2) is 0 Å². The molecule has 0 amide bonds. The molecular weight excluding hydrogens is 651 g/mol. The molecule has 0 spiro atoms. The minimum atomic E-state index is -0.0278. The lowest BCUT2D eigenvalue weighted by Crippen LogP contribution is -2.14. The van der Waals surface area contributed by atoms with E-state index < -0.39 is 0 Å².